The van der Waals surface area contributed by atoms with E-state index < -0.39 is 11.5 Å². The van der Waals surface area contributed by atoms with E-state index in [1.165, 1.54) is 20.3 Å². The van der Waals surface area contributed by atoms with E-state index in [0.717, 1.165) is 11.3 Å². The number of H-pyrrole nitrogens is 1. The molecule has 0 fully saturated rings. The normalized spacial score (nSPS) is 14.9. The zero-order valence-electron chi connectivity index (χ0n) is 18.6. The summed E-state index contributed by atoms with van der Waals surface area (Å²) in [6, 6.07) is 13.8. The summed E-state index contributed by atoms with van der Waals surface area (Å²) in [5.41, 5.74) is 1.59. The SMILES string of the molecule is COc1ccc([C@@H]2CC(=O)c3cc(C(=O)Nc4ccc(OC)cc4OC)c(=O)[nH]c3C2)cc1. The largest absolute Gasteiger partial charge is 0.497 e. The van der Waals surface area contributed by atoms with Crippen molar-refractivity contribution in [3.63, 3.8) is 0 Å². The molecule has 170 valence electrons. The molecule has 3 aromatic rings. The van der Waals surface area contributed by atoms with Gasteiger partial charge in [0, 0.05) is 23.7 Å². The molecule has 8 heteroatoms. The van der Waals surface area contributed by atoms with Gasteiger partial charge in [-0.3, -0.25) is 14.4 Å². The van der Waals surface area contributed by atoms with Gasteiger partial charge in [-0.1, -0.05) is 12.1 Å². The van der Waals surface area contributed by atoms with Gasteiger partial charge < -0.3 is 24.5 Å². The molecule has 8 nitrogen and oxygen atoms in total. The Balaban J connectivity index is 1.59. The van der Waals surface area contributed by atoms with Crippen molar-refractivity contribution in [3.05, 3.63) is 81.3 Å². The summed E-state index contributed by atoms with van der Waals surface area (Å²) in [7, 11) is 4.59. The van der Waals surface area contributed by atoms with Crippen LogP contribution in [0.4, 0.5) is 5.69 Å². The second-order valence-electron chi connectivity index (χ2n) is 7.73. The average Bonchev–Trinajstić information content (AvgIpc) is 2.83. The number of methoxy groups -OCH3 is 3. The molecule has 1 amide bonds. The number of amides is 1. The van der Waals surface area contributed by atoms with Crippen molar-refractivity contribution in [2.24, 2.45) is 0 Å². The van der Waals surface area contributed by atoms with Crippen LogP contribution < -0.4 is 25.1 Å². The molecular weight excluding hydrogens is 424 g/mol. The van der Waals surface area contributed by atoms with Crippen LogP contribution in [0.25, 0.3) is 0 Å². The summed E-state index contributed by atoms with van der Waals surface area (Å²) < 4.78 is 15.6. The summed E-state index contributed by atoms with van der Waals surface area (Å²) in [5.74, 6) is 0.870. The summed E-state index contributed by atoms with van der Waals surface area (Å²) >= 11 is 0. The monoisotopic (exact) mass is 448 g/mol. The lowest BCUT2D eigenvalue weighted by atomic mass is 9.81. The van der Waals surface area contributed by atoms with Gasteiger partial charge in [0.05, 0.1) is 27.0 Å². The smallest absolute Gasteiger partial charge is 0.261 e. The van der Waals surface area contributed by atoms with Crippen LogP contribution in [0.1, 0.15) is 44.3 Å². The Morgan fingerprint density at radius 2 is 1.61 bits per heavy atom. The first-order valence-electron chi connectivity index (χ1n) is 10.4. The van der Waals surface area contributed by atoms with Crippen molar-refractivity contribution >= 4 is 17.4 Å². The van der Waals surface area contributed by atoms with Crippen LogP contribution in [0.15, 0.2) is 53.3 Å². The van der Waals surface area contributed by atoms with Gasteiger partial charge in [-0.15, -0.1) is 0 Å². The number of nitrogens with one attached hydrogen (secondary N) is 2. The number of pyridine rings is 1. The highest BCUT2D eigenvalue weighted by atomic mass is 16.5. The number of ether oxygens (including phenoxy) is 3. The molecule has 1 heterocycles. The van der Waals surface area contributed by atoms with Crippen molar-refractivity contribution < 1.29 is 23.8 Å². The number of fused-ring (bicyclic) bond motifs is 1. The van der Waals surface area contributed by atoms with E-state index in [4.69, 9.17) is 14.2 Å². The lowest BCUT2D eigenvalue weighted by molar-refractivity contribution is 0.0963. The van der Waals surface area contributed by atoms with Gasteiger partial charge in [-0.05, 0) is 48.2 Å². The van der Waals surface area contributed by atoms with Crippen molar-refractivity contribution in [2.45, 2.75) is 18.8 Å². The van der Waals surface area contributed by atoms with Gasteiger partial charge in [-0.2, -0.15) is 0 Å². The number of aromatic amines is 1. The van der Waals surface area contributed by atoms with Crippen molar-refractivity contribution in [1.29, 1.82) is 0 Å². The number of hydrogen-bond donors (Lipinski definition) is 2. The van der Waals surface area contributed by atoms with E-state index in [2.05, 4.69) is 10.3 Å². The van der Waals surface area contributed by atoms with Crippen LogP contribution in [0.2, 0.25) is 0 Å². The molecule has 1 aliphatic rings. The van der Waals surface area contributed by atoms with Gasteiger partial charge in [0.25, 0.3) is 11.5 Å². The third-order valence-corrected chi connectivity index (χ3v) is 5.79. The number of aromatic nitrogens is 1. The van der Waals surface area contributed by atoms with Crippen LogP contribution in [0, 0.1) is 0 Å². The summed E-state index contributed by atoms with van der Waals surface area (Å²) in [6.45, 7) is 0. The third-order valence-electron chi connectivity index (χ3n) is 5.79. The van der Waals surface area contributed by atoms with Gasteiger partial charge in [0.1, 0.15) is 22.8 Å². The Labute approximate surface area is 190 Å². The van der Waals surface area contributed by atoms with E-state index in [-0.39, 0.29) is 17.3 Å². The molecule has 1 atom stereocenters. The molecular formula is C25H24N2O6. The van der Waals surface area contributed by atoms with E-state index in [0.29, 0.717) is 41.3 Å². The molecule has 0 saturated carbocycles. The van der Waals surface area contributed by atoms with Crippen molar-refractivity contribution in [2.75, 3.05) is 26.6 Å². The number of anilines is 1. The van der Waals surface area contributed by atoms with E-state index in [1.54, 1.807) is 25.3 Å². The fourth-order valence-corrected chi connectivity index (χ4v) is 4.00. The standard InChI is InChI=1S/C25H24N2O6/c1-31-16-6-4-14(5-7-16)15-10-21-18(22(28)11-15)13-19(25(30)27-21)24(29)26-20-9-8-17(32-2)12-23(20)33-3/h4-9,12-13,15H,10-11H2,1-3H3,(H,26,29)(H,27,30)/t15-/m0/s1. The Morgan fingerprint density at radius 3 is 2.27 bits per heavy atom. The molecule has 0 bridgehead atoms. The highest BCUT2D eigenvalue weighted by molar-refractivity contribution is 6.07. The number of rotatable bonds is 6. The molecule has 33 heavy (non-hydrogen) atoms. The molecule has 2 N–H and O–H groups in total. The fourth-order valence-electron chi connectivity index (χ4n) is 4.00. The van der Waals surface area contributed by atoms with E-state index in [9.17, 15) is 14.4 Å². The number of hydrogen-bond acceptors (Lipinski definition) is 6. The first-order chi connectivity index (χ1) is 15.9. The van der Waals surface area contributed by atoms with Crippen molar-refractivity contribution in [3.8, 4) is 17.2 Å². The van der Waals surface area contributed by atoms with E-state index in [1.807, 2.05) is 24.3 Å². The number of ketones is 1. The second kappa shape index (κ2) is 9.20. The van der Waals surface area contributed by atoms with Crippen LogP contribution in [-0.2, 0) is 6.42 Å². The van der Waals surface area contributed by atoms with Gasteiger partial charge in [0.15, 0.2) is 5.78 Å². The molecule has 4 rings (SSSR count). The minimum absolute atomic E-state index is 0.0604. The highest BCUT2D eigenvalue weighted by Crippen LogP contribution is 2.33. The summed E-state index contributed by atoms with van der Waals surface area (Å²) in [6.07, 6.45) is 0.787. The molecule has 0 spiro atoms. The molecule has 2 aromatic carbocycles. The zero-order chi connectivity index (χ0) is 23.5. The van der Waals surface area contributed by atoms with Crippen LogP contribution in [0.5, 0.6) is 17.2 Å². The van der Waals surface area contributed by atoms with Gasteiger partial charge >= 0.3 is 0 Å². The minimum atomic E-state index is -0.632. The lowest BCUT2D eigenvalue weighted by Gasteiger charge is -2.24. The topological polar surface area (TPSA) is 107 Å². The Bertz CT molecular complexity index is 1260. The summed E-state index contributed by atoms with van der Waals surface area (Å²) in [5, 5.41) is 2.67. The van der Waals surface area contributed by atoms with Gasteiger partial charge in [0.2, 0.25) is 0 Å². The molecule has 1 aromatic heterocycles. The third kappa shape index (κ3) is 4.45. The van der Waals surface area contributed by atoms with Crippen molar-refractivity contribution in [1.82, 2.24) is 4.98 Å². The Hall–Kier alpha value is -4.07. The summed E-state index contributed by atoms with van der Waals surface area (Å²) in [4.78, 5) is 41.2. The first kappa shape index (κ1) is 22.1. The Morgan fingerprint density at radius 1 is 0.909 bits per heavy atom. The zero-order valence-corrected chi connectivity index (χ0v) is 18.6. The number of Topliss-reactive ketones (excluding diaryl/α,β-unsaturated/α-hetero) is 1. The number of carbonyl (C=O) groups excluding carboxylic acids is 2. The average molecular weight is 448 g/mol. The fraction of sp³-hybridized carbons (Fsp3) is 0.240. The van der Waals surface area contributed by atoms with E-state index >= 15 is 0 Å². The second-order valence-corrected chi connectivity index (χ2v) is 7.73. The molecule has 0 radical (unpaired) electrons. The predicted molar refractivity (Wildman–Crippen MR) is 123 cm³/mol. The number of benzene rings is 2. The molecule has 1 aliphatic carbocycles. The molecule has 0 unspecified atom stereocenters. The maximum absolute atomic E-state index is 12.9. The quantitative estimate of drug-likeness (QED) is 0.597. The highest BCUT2D eigenvalue weighted by Gasteiger charge is 2.29. The maximum atomic E-state index is 12.9. The minimum Gasteiger partial charge on any atom is -0.497 e. The van der Waals surface area contributed by atoms with Crippen LogP contribution >= 0.6 is 0 Å². The van der Waals surface area contributed by atoms with Crippen LogP contribution in [0.3, 0.4) is 0 Å². The molecule has 0 aliphatic heterocycles. The van der Waals surface area contributed by atoms with Crippen LogP contribution in [-0.4, -0.2) is 38.0 Å². The predicted octanol–water partition coefficient (Wildman–Crippen LogP) is 3.57. The number of carbonyl (C=O) groups is 2. The molecule has 0 saturated heterocycles. The van der Waals surface area contributed by atoms with Gasteiger partial charge in [-0.25, -0.2) is 0 Å². The Kier molecular flexibility index (Phi) is 6.17. The first-order valence-corrected chi connectivity index (χ1v) is 10.4. The maximum Gasteiger partial charge on any atom is 0.261 e. The lowest BCUT2D eigenvalue weighted by Crippen LogP contribution is -2.29.